The lowest BCUT2D eigenvalue weighted by Gasteiger charge is -2.38. The minimum absolute atomic E-state index is 0.0125. The van der Waals surface area contributed by atoms with Crippen molar-refractivity contribution in [2.75, 3.05) is 13.1 Å². The zero-order valence-corrected chi connectivity index (χ0v) is 14.5. The van der Waals surface area contributed by atoms with Gasteiger partial charge in [0.2, 0.25) is 0 Å². The van der Waals surface area contributed by atoms with E-state index in [2.05, 4.69) is 36.1 Å². The van der Waals surface area contributed by atoms with Crippen molar-refractivity contribution in [3.8, 4) is 0 Å². The van der Waals surface area contributed by atoms with Gasteiger partial charge < -0.3 is 5.11 Å². The highest BCUT2D eigenvalue weighted by Gasteiger charge is 2.31. The summed E-state index contributed by atoms with van der Waals surface area (Å²) >= 11 is 6.48. The second kappa shape index (κ2) is 7.37. The third-order valence-electron chi connectivity index (χ3n) is 4.76. The van der Waals surface area contributed by atoms with Gasteiger partial charge in [-0.3, -0.25) is 9.69 Å². The van der Waals surface area contributed by atoms with E-state index in [1.807, 2.05) is 24.3 Å². The van der Waals surface area contributed by atoms with Gasteiger partial charge in [0.05, 0.1) is 12.0 Å². The molecule has 1 aliphatic heterocycles. The average molecular weight is 344 g/mol. The number of hydrogen-bond donors (Lipinski definition) is 1. The summed E-state index contributed by atoms with van der Waals surface area (Å²) in [6.45, 7) is 3.50. The lowest BCUT2D eigenvalue weighted by molar-refractivity contribution is -0.143. The first-order chi connectivity index (χ1) is 11.6. The molecule has 0 aliphatic carbocycles. The second-order valence-electron chi connectivity index (χ2n) is 6.51. The molecule has 2 aromatic rings. The number of rotatable bonds is 4. The number of halogens is 1. The van der Waals surface area contributed by atoms with Crippen molar-refractivity contribution >= 4 is 17.6 Å². The highest BCUT2D eigenvalue weighted by Crippen LogP contribution is 2.36. The molecule has 4 heteroatoms. The molecule has 2 atom stereocenters. The van der Waals surface area contributed by atoms with Crippen molar-refractivity contribution in [3.05, 3.63) is 70.2 Å². The normalized spacial score (nSPS) is 19.8. The van der Waals surface area contributed by atoms with Crippen LogP contribution in [-0.2, 0) is 4.79 Å². The van der Waals surface area contributed by atoms with E-state index >= 15 is 0 Å². The van der Waals surface area contributed by atoms with Crippen LogP contribution in [0.1, 0.15) is 35.6 Å². The molecule has 0 spiro atoms. The van der Waals surface area contributed by atoms with Gasteiger partial charge in [0, 0.05) is 11.6 Å². The Kier molecular flexibility index (Phi) is 5.22. The summed E-state index contributed by atoms with van der Waals surface area (Å²) in [5.74, 6) is -1.02. The molecule has 2 unspecified atom stereocenters. The number of piperidine rings is 1. The highest BCUT2D eigenvalue weighted by molar-refractivity contribution is 6.31. The molecule has 1 N–H and O–H groups in total. The average Bonchev–Trinajstić information content (AvgIpc) is 2.59. The second-order valence-corrected chi connectivity index (χ2v) is 6.91. The third-order valence-corrected chi connectivity index (χ3v) is 5.10. The fraction of sp³-hybridized carbons (Fsp3) is 0.350. The lowest BCUT2D eigenvalue weighted by atomic mass is 9.91. The standard InChI is InChI=1S/C20H22ClNO2/c1-14-8-10-15(11-9-14)19(17-6-2-3-7-18(17)21)22-12-4-5-16(13-22)20(23)24/h2-3,6-11,16,19H,4-5,12-13H2,1H3,(H,23,24). The molecule has 1 heterocycles. The highest BCUT2D eigenvalue weighted by atomic mass is 35.5. The van der Waals surface area contributed by atoms with Crippen LogP contribution in [0.3, 0.4) is 0 Å². The molecule has 126 valence electrons. The number of benzene rings is 2. The van der Waals surface area contributed by atoms with Gasteiger partial charge in [0.25, 0.3) is 0 Å². The molecule has 3 nitrogen and oxygen atoms in total. The summed E-state index contributed by atoms with van der Waals surface area (Å²) < 4.78 is 0. The van der Waals surface area contributed by atoms with Crippen LogP contribution in [0.2, 0.25) is 5.02 Å². The van der Waals surface area contributed by atoms with Crippen LogP contribution in [0.25, 0.3) is 0 Å². The first-order valence-corrected chi connectivity index (χ1v) is 8.72. The van der Waals surface area contributed by atoms with E-state index in [-0.39, 0.29) is 12.0 Å². The molecule has 24 heavy (non-hydrogen) atoms. The molecule has 1 aliphatic rings. The summed E-state index contributed by atoms with van der Waals surface area (Å²) in [6, 6.07) is 16.3. The van der Waals surface area contributed by atoms with E-state index in [4.69, 9.17) is 11.6 Å². The monoisotopic (exact) mass is 343 g/mol. The number of aliphatic carboxylic acids is 1. The number of carboxylic acids is 1. The third kappa shape index (κ3) is 3.63. The van der Waals surface area contributed by atoms with Gasteiger partial charge in [-0.05, 0) is 43.5 Å². The number of carbonyl (C=O) groups is 1. The van der Waals surface area contributed by atoms with Gasteiger partial charge >= 0.3 is 5.97 Å². The number of hydrogen-bond acceptors (Lipinski definition) is 2. The first kappa shape index (κ1) is 17.0. The predicted octanol–water partition coefficient (Wildman–Crippen LogP) is 4.53. The van der Waals surface area contributed by atoms with Crippen LogP contribution in [0.15, 0.2) is 48.5 Å². The largest absolute Gasteiger partial charge is 0.481 e. The fourth-order valence-corrected chi connectivity index (χ4v) is 3.71. The molecule has 0 amide bonds. The molecular weight excluding hydrogens is 322 g/mol. The Hall–Kier alpha value is -1.84. The summed E-state index contributed by atoms with van der Waals surface area (Å²) in [6.07, 6.45) is 1.64. The van der Waals surface area contributed by atoms with Gasteiger partial charge in [-0.1, -0.05) is 59.6 Å². The summed E-state index contributed by atoms with van der Waals surface area (Å²) in [5.41, 5.74) is 3.40. The van der Waals surface area contributed by atoms with E-state index in [9.17, 15) is 9.90 Å². The van der Waals surface area contributed by atoms with Crippen LogP contribution in [0.5, 0.6) is 0 Å². The zero-order chi connectivity index (χ0) is 17.1. The summed E-state index contributed by atoms with van der Waals surface area (Å²) in [4.78, 5) is 13.7. The van der Waals surface area contributed by atoms with Gasteiger partial charge in [0.15, 0.2) is 0 Å². The molecule has 3 rings (SSSR count). The minimum atomic E-state index is -0.707. The van der Waals surface area contributed by atoms with E-state index in [0.717, 1.165) is 35.5 Å². The summed E-state index contributed by atoms with van der Waals surface area (Å²) in [5, 5.41) is 10.1. The Balaban J connectivity index is 2.00. The maximum atomic E-state index is 11.5. The van der Waals surface area contributed by atoms with Gasteiger partial charge in [-0.2, -0.15) is 0 Å². The van der Waals surface area contributed by atoms with Gasteiger partial charge in [-0.25, -0.2) is 0 Å². The van der Waals surface area contributed by atoms with Crippen molar-refractivity contribution in [2.24, 2.45) is 5.92 Å². The van der Waals surface area contributed by atoms with E-state index < -0.39 is 5.97 Å². The molecule has 1 fully saturated rings. The molecule has 0 saturated carbocycles. The Morgan fingerprint density at radius 2 is 1.92 bits per heavy atom. The van der Waals surface area contributed by atoms with Gasteiger partial charge in [0.1, 0.15) is 0 Å². The van der Waals surface area contributed by atoms with Crippen molar-refractivity contribution in [2.45, 2.75) is 25.8 Å². The predicted molar refractivity (Wildman–Crippen MR) is 96.4 cm³/mol. The van der Waals surface area contributed by atoms with E-state index in [0.29, 0.717) is 6.54 Å². The summed E-state index contributed by atoms with van der Waals surface area (Å²) in [7, 11) is 0. The fourth-order valence-electron chi connectivity index (χ4n) is 3.48. The Morgan fingerprint density at radius 1 is 1.21 bits per heavy atom. The van der Waals surface area contributed by atoms with Crippen LogP contribution in [0.4, 0.5) is 0 Å². The number of aryl methyl sites for hydroxylation is 1. The topological polar surface area (TPSA) is 40.5 Å². The molecular formula is C20H22ClNO2. The maximum Gasteiger partial charge on any atom is 0.307 e. The van der Waals surface area contributed by atoms with Crippen molar-refractivity contribution < 1.29 is 9.90 Å². The zero-order valence-electron chi connectivity index (χ0n) is 13.8. The smallest absolute Gasteiger partial charge is 0.307 e. The van der Waals surface area contributed by atoms with Crippen molar-refractivity contribution in [1.29, 1.82) is 0 Å². The Morgan fingerprint density at radius 3 is 2.58 bits per heavy atom. The van der Waals surface area contributed by atoms with Crippen LogP contribution in [0, 0.1) is 12.8 Å². The molecule has 0 radical (unpaired) electrons. The lowest BCUT2D eigenvalue weighted by Crippen LogP contribution is -2.41. The molecule has 0 aromatic heterocycles. The van der Waals surface area contributed by atoms with Crippen molar-refractivity contribution in [1.82, 2.24) is 4.90 Å². The Bertz CT molecular complexity index is 714. The molecule has 1 saturated heterocycles. The number of carboxylic acid groups (broad SMARTS) is 1. The van der Waals surface area contributed by atoms with Crippen LogP contribution < -0.4 is 0 Å². The maximum absolute atomic E-state index is 11.5. The number of nitrogens with zero attached hydrogens (tertiary/aromatic N) is 1. The van der Waals surface area contributed by atoms with Crippen LogP contribution >= 0.6 is 11.6 Å². The molecule has 2 aromatic carbocycles. The SMILES string of the molecule is Cc1ccc(C(c2ccccc2Cl)N2CCCC(C(=O)O)C2)cc1. The van der Waals surface area contributed by atoms with E-state index in [1.54, 1.807) is 0 Å². The number of likely N-dealkylation sites (tertiary alicyclic amines) is 1. The minimum Gasteiger partial charge on any atom is -0.481 e. The quantitative estimate of drug-likeness (QED) is 0.886. The van der Waals surface area contributed by atoms with Crippen molar-refractivity contribution in [3.63, 3.8) is 0 Å². The Labute approximate surface area is 147 Å². The first-order valence-electron chi connectivity index (χ1n) is 8.34. The van der Waals surface area contributed by atoms with Gasteiger partial charge in [-0.15, -0.1) is 0 Å². The van der Waals surface area contributed by atoms with Crippen LogP contribution in [-0.4, -0.2) is 29.1 Å². The molecule has 0 bridgehead atoms. The van der Waals surface area contributed by atoms with E-state index in [1.165, 1.54) is 5.56 Å².